The van der Waals surface area contributed by atoms with E-state index < -0.39 is 18.0 Å². The lowest BCUT2D eigenvalue weighted by atomic mass is 9.72. The van der Waals surface area contributed by atoms with E-state index in [2.05, 4.69) is 31.2 Å². The second kappa shape index (κ2) is 17.9. The number of aliphatic carboxylic acids is 1. The first-order chi connectivity index (χ1) is 15.5. The standard InChI is InChI=1S/C28H47NO3/c1-3-4-5-6-7-8-9-10-11-15-18-25(21-22-29)26(27(23(2)30)28(31)32)20-19-24-16-13-12-14-17-24/h8-9,12-14,16-17,23,25-27,30H,3-7,10-11,15,18-22,29H2,1-2H3,(H,31,32)/t23-,25+,26-,27+/m0/s1. The molecule has 0 aromatic heterocycles. The Morgan fingerprint density at radius 1 is 0.969 bits per heavy atom. The van der Waals surface area contributed by atoms with Gasteiger partial charge in [0, 0.05) is 0 Å². The van der Waals surface area contributed by atoms with Crippen LogP contribution in [0.4, 0.5) is 0 Å². The molecule has 4 heteroatoms. The Labute approximate surface area is 196 Å². The molecule has 182 valence electrons. The molecule has 0 radical (unpaired) electrons. The smallest absolute Gasteiger partial charge is 0.309 e. The van der Waals surface area contributed by atoms with Gasteiger partial charge in [-0.1, -0.05) is 81.5 Å². The van der Waals surface area contributed by atoms with Crippen LogP contribution in [0.15, 0.2) is 42.5 Å². The van der Waals surface area contributed by atoms with Gasteiger partial charge in [0.15, 0.2) is 0 Å². The molecule has 0 unspecified atom stereocenters. The van der Waals surface area contributed by atoms with Gasteiger partial charge in [0.2, 0.25) is 0 Å². The van der Waals surface area contributed by atoms with E-state index in [1.54, 1.807) is 6.92 Å². The fraction of sp³-hybridized carbons (Fsp3) is 0.679. The van der Waals surface area contributed by atoms with Crippen LogP contribution in [-0.2, 0) is 11.2 Å². The zero-order valence-corrected chi connectivity index (χ0v) is 20.4. The molecule has 4 atom stereocenters. The molecule has 4 nitrogen and oxygen atoms in total. The molecule has 0 spiro atoms. The summed E-state index contributed by atoms with van der Waals surface area (Å²) in [5.41, 5.74) is 7.14. The summed E-state index contributed by atoms with van der Waals surface area (Å²) in [4.78, 5) is 12.0. The number of aryl methyl sites for hydroxylation is 1. The summed E-state index contributed by atoms with van der Waals surface area (Å²) in [7, 11) is 0. The minimum atomic E-state index is -0.897. The number of rotatable bonds is 19. The third kappa shape index (κ3) is 11.8. The SMILES string of the molecule is CCCCCCC=CCCCC[C@H](CCN)[C@H](CCc1ccccc1)[C@H](C(=O)O)[C@H](C)O. The number of aliphatic hydroxyl groups excluding tert-OH is 1. The summed E-state index contributed by atoms with van der Waals surface area (Å²) in [6.45, 7) is 4.40. The van der Waals surface area contributed by atoms with Gasteiger partial charge in [-0.25, -0.2) is 0 Å². The number of carboxylic acids is 1. The van der Waals surface area contributed by atoms with Crippen molar-refractivity contribution in [2.75, 3.05) is 6.54 Å². The van der Waals surface area contributed by atoms with Gasteiger partial charge in [-0.15, -0.1) is 0 Å². The summed E-state index contributed by atoms with van der Waals surface area (Å²) in [5.74, 6) is -1.51. The minimum absolute atomic E-state index is 0.0784. The van der Waals surface area contributed by atoms with Gasteiger partial charge >= 0.3 is 5.97 Å². The highest BCUT2D eigenvalue weighted by Crippen LogP contribution is 2.34. The van der Waals surface area contributed by atoms with Gasteiger partial charge in [0.1, 0.15) is 0 Å². The molecule has 0 amide bonds. The molecule has 0 aliphatic heterocycles. The van der Waals surface area contributed by atoms with Gasteiger partial charge in [-0.3, -0.25) is 4.79 Å². The molecule has 0 saturated heterocycles. The van der Waals surface area contributed by atoms with Crippen LogP contribution in [0.3, 0.4) is 0 Å². The second-order valence-electron chi connectivity index (χ2n) is 9.24. The van der Waals surface area contributed by atoms with E-state index in [4.69, 9.17) is 5.73 Å². The van der Waals surface area contributed by atoms with E-state index in [0.717, 1.165) is 44.9 Å². The van der Waals surface area contributed by atoms with Crippen LogP contribution < -0.4 is 5.73 Å². The Bertz CT molecular complexity index is 614. The lowest BCUT2D eigenvalue weighted by Gasteiger charge is -2.33. The molecule has 0 bridgehead atoms. The van der Waals surface area contributed by atoms with Crippen LogP contribution >= 0.6 is 0 Å². The number of hydrogen-bond donors (Lipinski definition) is 3. The first-order valence-electron chi connectivity index (χ1n) is 12.8. The number of unbranched alkanes of at least 4 members (excludes halogenated alkanes) is 6. The number of hydrogen-bond acceptors (Lipinski definition) is 3. The molecule has 0 aliphatic rings. The summed E-state index contributed by atoms with van der Waals surface area (Å²) in [5, 5.41) is 20.2. The van der Waals surface area contributed by atoms with Crippen molar-refractivity contribution >= 4 is 5.97 Å². The molecule has 0 heterocycles. The van der Waals surface area contributed by atoms with Gasteiger partial charge in [0.05, 0.1) is 12.0 Å². The van der Waals surface area contributed by atoms with Gasteiger partial charge in [-0.2, -0.15) is 0 Å². The topological polar surface area (TPSA) is 83.6 Å². The third-order valence-corrected chi connectivity index (χ3v) is 6.60. The highest BCUT2D eigenvalue weighted by atomic mass is 16.4. The Hall–Kier alpha value is -1.65. The van der Waals surface area contributed by atoms with Crippen molar-refractivity contribution < 1.29 is 15.0 Å². The lowest BCUT2D eigenvalue weighted by molar-refractivity contribution is -0.149. The van der Waals surface area contributed by atoms with E-state index in [1.807, 2.05) is 18.2 Å². The number of nitrogens with two attached hydrogens (primary N) is 1. The summed E-state index contributed by atoms with van der Waals surface area (Å²) in [6.07, 6.45) is 16.7. The summed E-state index contributed by atoms with van der Waals surface area (Å²) in [6, 6.07) is 10.2. The molecule has 32 heavy (non-hydrogen) atoms. The van der Waals surface area contributed by atoms with Crippen molar-refractivity contribution in [2.24, 2.45) is 23.5 Å². The molecule has 1 rings (SSSR count). The number of allylic oxidation sites excluding steroid dienone is 2. The maximum absolute atomic E-state index is 12.0. The van der Waals surface area contributed by atoms with Crippen molar-refractivity contribution in [3.05, 3.63) is 48.0 Å². The highest BCUT2D eigenvalue weighted by Gasteiger charge is 2.36. The van der Waals surface area contributed by atoms with E-state index >= 15 is 0 Å². The molecule has 1 aromatic carbocycles. The summed E-state index contributed by atoms with van der Waals surface area (Å²) < 4.78 is 0. The van der Waals surface area contributed by atoms with Gasteiger partial charge in [0.25, 0.3) is 0 Å². The predicted molar refractivity (Wildman–Crippen MR) is 135 cm³/mol. The van der Waals surface area contributed by atoms with Crippen LogP contribution in [0.1, 0.15) is 90.0 Å². The average molecular weight is 446 g/mol. The average Bonchev–Trinajstić information content (AvgIpc) is 2.77. The third-order valence-electron chi connectivity index (χ3n) is 6.60. The van der Waals surface area contributed by atoms with Crippen LogP contribution in [0.5, 0.6) is 0 Å². The van der Waals surface area contributed by atoms with Crippen LogP contribution in [0, 0.1) is 17.8 Å². The van der Waals surface area contributed by atoms with Gasteiger partial charge in [-0.05, 0) is 75.8 Å². The van der Waals surface area contributed by atoms with Crippen LogP contribution in [0.2, 0.25) is 0 Å². The summed E-state index contributed by atoms with van der Waals surface area (Å²) >= 11 is 0. The zero-order chi connectivity index (χ0) is 23.6. The van der Waals surface area contributed by atoms with Crippen LogP contribution in [-0.4, -0.2) is 28.8 Å². The van der Waals surface area contributed by atoms with Crippen LogP contribution in [0.25, 0.3) is 0 Å². The van der Waals surface area contributed by atoms with Crippen molar-refractivity contribution in [3.63, 3.8) is 0 Å². The van der Waals surface area contributed by atoms with E-state index in [1.165, 1.54) is 37.7 Å². The molecule has 0 saturated carbocycles. The lowest BCUT2D eigenvalue weighted by Crippen LogP contribution is -2.38. The number of carbonyl (C=O) groups is 1. The first-order valence-corrected chi connectivity index (χ1v) is 12.8. The van der Waals surface area contributed by atoms with Crippen molar-refractivity contribution in [3.8, 4) is 0 Å². The molecular formula is C28H47NO3. The Morgan fingerprint density at radius 2 is 1.62 bits per heavy atom. The van der Waals surface area contributed by atoms with Crippen molar-refractivity contribution in [1.82, 2.24) is 0 Å². The molecule has 0 aliphatic carbocycles. The highest BCUT2D eigenvalue weighted by molar-refractivity contribution is 5.71. The van der Waals surface area contributed by atoms with Crippen molar-refractivity contribution in [2.45, 2.75) is 97.0 Å². The number of carboxylic acid groups (broad SMARTS) is 1. The maximum Gasteiger partial charge on any atom is 0.309 e. The van der Waals surface area contributed by atoms with E-state index in [0.29, 0.717) is 6.54 Å². The first kappa shape index (κ1) is 28.4. The molecule has 4 N–H and O–H groups in total. The molecular weight excluding hydrogens is 398 g/mol. The number of benzene rings is 1. The maximum atomic E-state index is 12.0. The zero-order valence-electron chi connectivity index (χ0n) is 20.4. The fourth-order valence-electron chi connectivity index (χ4n) is 4.81. The van der Waals surface area contributed by atoms with Gasteiger partial charge < -0.3 is 15.9 Å². The second-order valence-corrected chi connectivity index (χ2v) is 9.24. The quantitative estimate of drug-likeness (QED) is 0.171. The molecule has 1 aromatic rings. The Kier molecular flexibility index (Phi) is 15.8. The monoisotopic (exact) mass is 445 g/mol. The Morgan fingerprint density at radius 3 is 2.19 bits per heavy atom. The van der Waals surface area contributed by atoms with E-state index in [-0.39, 0.29) is 11.8 Å². The Balaban J connectivity index is 2.66. The van der Waals surface area contributed by atoms with Crippen molar-refractivity contribution in [1.29, 1.82) is 0 Å². The largest absolute Gasteiger partial charge is 0.481 e. The van der Waals surface area contributed by atoms with E-state index in [9.17, 15) is 15.0 Å². The fourth-order valence-corrected chi connectivity index (χ4v) is 4.81. The minimum Gasteiger partial charge on any atom is -0.481 e. The predicted octanol–water partition coefficient (Wildman–Crippen LogP) is 6.37. The number of aliphatic hydroxyl groups is 1. The normalized spacial score (nSPS) is 15.5. The molecule has 0 fully saturated rings.